The van der Waals surface area contributed by atoms with Gasteiger partial charge >= 0.3 is 0 Å². The van der Waals surface area contributed by atoms with Gasteiger partial charge in [-0.05, 0) is 42.5 Å². The Balaban J connectivity index is 1.57. The van der Waals surface area contributed by atoms with Crippen LogP contribution in [0.1, 0.15) is 22.7 Å². The predicted molar refractivity (Wildman–Crippen MR) is 98.7 cm³/mol. The highest BCUT2D eigenvalue weighted by molar-refractivity contribution is 5.97. The van der Waals surface area contributed by atoms with Crippen LogP contribution in [0.3, 0.4) is 0 Å². The van der Waals surface area contributed by atoms with Crippen LogP contribution in [-0.4, -0.2) is 23.8 Å². The van der Waals surface area contributed by atoms with Crippen LogP contribution in [-0.2, 0) is 11.2 Å². The Bertz CT molecular complexity index is 951. The standard InChI is InChI=1S/C20H18FN3O3/c1-22-20(26)14-3-2-4-16(11-14)24-18(25)9-10-19-23-12-17(27-19)13-5-7-15(21)8-6-13/h2-8,11-12H,9-10H2,1H3,(H,22,26)(H,24,25). The van der Waals surface area contributed by atoms with E-state index in [1.807, 2.05) is 0 Å². The van der Waals surface area contributed by atoms with Crippen molar-refractivity contribution in [2.45, 2.75) is 12.8 Å². The molecule has 7 heteroatoms. The average Bonchev–Trinajstić information content (AvgIpc) is 3.15. The van der Waals surface area contributed by atoms with Gasteiger partial charge in [-0.15, -0.1) is 0 Å². The number of carbonyl (C=O) groups is 2. The van der Waals surface area contributed by atoms with Crippen molar-refractivity contribution < 1.29 is 18.4 Å². The summed E-state index contributed by atoms with van der Waals surface area (Å²) in [6, 6.07) is 12.6. The molecule has 6 nitrogen and oxygen atoms in total. The van der Waals surface area contributed by atoms with Crippen LogP contribution in [0.5, 0.6) is 0 Å². The molecular formula is C20H18FN3O3. The van der Waals surface area contributed by atoms with E-state index in [1.54, 1.807) is 49.6 Å². The number of oxazole rings is 1. The number of nitrogens with one attached hydrogen (secondary N) is 2. The summed E-state index contributed by atoms with van der Waals surface area (Å²) in [5.74, 6) is 0.174. The number of hydrogen-bond donors (Lipinski definition) is 2. The van der Waals surface area contributed by atoms with E-state index >= 15 is 0 Å². The number of anilines is 1. The summed E-state index contributed by atoms with van der Waals surface area (Å²) in [5, 5.41) is 5.28. The summed E-state index contributed by atoms with van der Waals surface area (Å²) < 4.78 is 18.6. The number of nitrogens with zero attached hydrogens (tertiary/aromatic N) is 1. The first-order valence-corrected chi connectivity index (χ1v) is 8.38. The fourth-order valence-corrected chi connectivity index (χ4v) is 2.50. The molecule has 3 aromatic rings. The van der Waals surface area contributed by atoms with Crippen molar-refractivity contribution in [1.29, 1.82) is 0 Å². The number of hydrogen-bond acceptors (Lipinski definition) is 4. The van der Waals surface area contributed by atoms with Crippen molar-refractivity contribution in [1.82, 2.24) is 10.3 Å². The van der Waals surface area contributed by atoms with E-state index < -0.39 is 0 Å². The molecule has 3 rings (SSSR count). The SMILES string of the molecule is CNC(=O)c1cccc(NC(=O)CCc2ncc(-c3ccc(F)cc3)o2)c1. The van der Waals surface area contributed by atoms with E-state index in [-0.39, 0.29) is 24.1 Å². The molecular weight excluding hydrogens is 349 g/mol. The van der Waals surface area contributed by atoms with E-state index in [1.165, 1.54) is 12.1 Å². The van der Waals surface area contributed by atoms with E-state index in [0.29, 0.717) is 34.9 Å². The van der Waals surface area contributed by atoms with Gasteiger partial charge in [-0.2, -0.15) is 0 Å². The molecule has 0 aliphatic heterocycles. The minimum atomic E-state index is -0.323. The Morgan fingerprint density at radius 2 is 1.93 bits per heavy atom. The summed E-state index contributed by atoms with van der Waals surface area (Å²) in [5.41, 5.74) is 1.72. The molecule has 1 aromatic heterocycles. The molecule has 0 fully saturated rings. The van der Waals surface area contributed by atoms with Gasteiger partial charge in [-0.25, -0.2) is 9.37 Å². The van der Waals surface area contributed by atoms with E-state index in [0.717, 1.165) is 0 Å². The van der Waals surface area contributed by atoms with Gasteiger partial charge in [0.2, 0.25) is 5.91 Å². The number of rotatable bonds is 6. The van der Waals surface area contributed by atoms with E-state index in [4.69, 9.17) is 4.42 Å². The van der Waals surface area contributed by atoms with Gasteiger partial charge in [0.15, 0.2) is 11.7 Å². The Morgan fingerprint density at radius 3 is 2.67 bits per heavy atom. The van der Waals surface area contributed by atoms with Crippen molar-refractivity contribution in [2.24, 2.45) is 0 Å². The minimum absolute atomic E-state index is 0.174. The fraction of sp³-hybridized carbons (Fsp3) is 0.150. The second-order valence-electron chi connectivity index (χ2n) is 5.83. The third-order valence-corrected chi connectivity index (χ3v) is 3.88. The molecule has 0 radical (unpaired) electrons. The van der Waals surface area contributed by atoms with Crippen LogP contribution >= 0.6 is 0 Å². The lowest BCUT2D eigenvalue weighted by Crippen LogP contribution is -2.18. The number of carbonyl (C=O) groups excluding carboxylic acids is 2. The van der Waals surface area contributed by atoms with Gasteiger partial charge in [0.25, 0.3) is 5.91 Å². The fourth-order valence-electron chi connectivity index (χ4n) is 2.50. The second kappa shape index (κ2) is 8.27. The maximum absolute atomic E-state index is 13.0. The van der Waals surface area contributed by atoms with Crippen molar-refractivity contribution >= 4 is 17.5 Å². The summed E-state index contributed by atoms with van der Waals surface area (Å²) in [7, 11) is 1.55. The highest BCUT2D eigenvalue weighted by Gasteiger charge is 2.10. The van der Waals surface area contributed by atoms with Crippen LogP contribution < -0.4 is 10.6 Å². The van der Waals surface area contributed by atoms with Crippen LogP contribution in [0.4, 0.5) is 10.1 Å². The lowest BCUT2D eigenvalue weighted by Gasteiger charge is -2.06. The topological polar surface area (TPSA) is 84.2 Å². The molecule has 0 spiro atoms. The zero-order valence-corrected chi connectivity index (χ0v) is 14.7. The maximum Gasteiger partial charge on any atom is 0.251 e. The summed E-state index contributed by atoms with van der Waals surface area (Å²) in [6.45, 7) is 0. The monoisotopic (exact) mass is 367 g/mol. The van der Waals surface area contributed by atoms with Crippen LogP contribution in [0.25, 0.3) is 11.3 Å². The molecule has 1 heterocycles. The number of halogens is 1. The molecule has 0 saturated heterocycles. The lowest BCUT2D eigenvalue weighted by molar-refractivity contribution is -0.116. The number of amides is 2. The molecule has 0 unspecified atom stereocenters. The molecule has 2 amide bonds. The molecule has 2 aromatic carbocycles. The Morgan fingerprint density at radius 1 is 1.15 bits per heavy atom. The van der Waals surface area contributed by atoms with Crippen molar-refractivity contribution in [3.8, 4) is 11.3 Å². The van der Waals surface area contributed by atoms with Gasteiger partial charge in [0, 0.05) is 36.7 Å². The van der Waals surface area contributed by atoms with Gasteiger partial charge < -0.3 is 15.1 Å². The molecule has 0 bridgehead atoms. The zero-order valence-electron chi connectivity index (χ0n) is 14.7. The molecule has 2 N–H and O–H groups in total. The first-order chi connectivity index (χ1) is 13.0. The quantitative estimate of drug-likeness (QED) is 0.699. The third kappa shape index (κ3) is 4.78. The lowest BCUT2D eigenvalue weighted by atomic mass is 10.2. The minimum Gasteiger partial charge on any atom is -0.441 e. The number of benzene rings is 2. The Kier molecular flexibility index (Phi) is 5.61. The van der Waals surface area contributed by atoms with Gasteiger partial charge in [0.05, 0.1) is 6.20 Å². The molecule has 0 atom stereocenters. The van der Waals surface area contributed by atoms with Crippen LogP contribution in [0.15, 0.2) is 59.1 Å². The molecule has 0 aliphatic rings. The van der Waals surface area contributed by atoms with Gasteiger partial charge in [-0.3, -0.25) is 9.59 Å². The van der Waals surface area contributed by atoms with Crippen molar-refractivity contribution in [2.75, 3.05) is 12.4 Å². The second-order valence-corrected chi connectivity index (χ2v) is 5.83. The smallest absolute Gasteiger partial charge is 0.251 e. The Labute approximate surface area is 155 Å². The van der Waals surface area contributed by atoms with Crippen LogP contribution in [0, 0.1) is 5.82 Å². The highest BCUT2D eigenvalue weighted by Crippen LogP contribution is 2.21. The molecule has 0 aliphatic carbocycles. The first kappa shape index (κ1) is 18.3. The van der Waals surface area contributed by atoms with Gasteiger partial charge in [-0.1, -0.05) is 6.07 Å². The Hall–Kier alpha value is -3.48. The van der Waals surface area contributed by atoms with Crippen LogP contribution in [0.2, 0.25) is 0 Å². The molecule has 138 valence electrons. The summed E-state index contributed by atoms with van der Waals surface area (Å²) in [4.78, 5) is 27.9. The van der Waals surface area contributed by atoms with Crippen molar-refractivity contribution in [3.63, 3.8) is 0 Å². The normalized spacial score (nSPS) is 10.4. The maximum atomic E-state index is 13.0. The number of aryl methyl sites for hydroxylation is 1. The summed E-state index contributed by atoms with van der Waals surface area (Å²) in [6.07, 6.45) is 2.04. The molecule has 0 saturated carbocycles. The van der Waals surface area contributed by atoms with Crippen molar-refractivity contribution in [3.05, 3.63) is 72.0 Å². The van der Waals surface area contributed by atoms with E-state index in [2.05, 4.69) is 15.6 Å². The highest BCUT2D eigenvalue weighted by atomic mass is 19.1. The largest absolute Gasteiger partial charge is 0.441 e. The first-order valence-electron chi connectivity index (χ1n) is 8.38. The molecule has 27 heavy (non-hydrogen) atoms. The predicted octanol–water partition coefficient (Wildman–Crippen LogP) is 3.41. The average molecular weight is 367 g/mol. The zero-order chi connectivity index (χ0) is 19.2. The summed E-state index contributed by atoms with van der Waals surface area (Å²) >= 11 is 0. The third-order valence-electron chi connectivity index (χ3n) is 3.88. The van der Waals surface area contributed by atoms with Gasteiger partial charge in [0.1, 0.15) is 5.82 Å². The van der Waals surface area contributed by atoms with E-state index in [9.17, 15) is 14.0 Å². The number of aromatic nitrogens is 1.